The quantitative estimate of drug-likeness (QED) is 0.741. The molecule has 2 rings (SSSR count). The number of para-hydroxylation sites is 1. The molecule has 2 amide bonds. The molecule has 7 heteroatoms. The Morgan fingerprint density at radius 1 is 1.22 bits per heavy atom. The van der Waals surface area contributed by atoms with Crippen LogP contribution in [0.3, 0.4) is 0 Å². The van der Waals surface area contributed by atoms with Crippen LogP contribution in [-0.4, -0.2) is 56.6 Å². The second kappa shape index (κ2) is 10.6. The van der Waals surface area contributed by atoms with E-state index < -0.39 is 5.41 Å². The second-order valence-electron chi connectivity index (χ2n) is 7.10. The molecule has 0 unspecified atom stereocenters. The monoisotopic (exact) mass is 397 g/mol. The number of halogens is 1. The average molecular weight is 398 g/mol. The number of methoxy groups -OCH3 is 1. The van der Waals surface area contributed by atoms with Gasteiger partial charge in [0.1, 0.15) is 0 Å². The summed E-state index contributed by atoms with van der Waals surface area (Å²) in [6.45, 7) is 8.37. The van der Waals surface area contributed by atoms with E-state index in [-0.39, 0.29) is 30.8 Å². The molecule has 1 fully saturated rings. The summed E-state index contributed by atoms with van der Waals surface area (Å²) in [6.07, 6.45) is 1.46. The molecule has 152 valence electrons. The molecule has 0 atom stereocenters. The van der Waals surface area contributed by atoms with Crippen LogP contribution in [-0.2, 0) is 14.3 Å². The Morgan fingerprint density at radius 2 is 1.81 bits per heavy atom. The van der Waals surface area contributed by atoms with Gasteiger partial charge in [-0.2, -0.15) is 0 Å². The van der Waals surface area contributed by atoms with Gasteiger partial charge in [0.15, 0.2) is 0 Å². The number of benzene rings is 1. The Labute approximate surface area is 168 Å². The molecule has 0 aliphatic carbocycles. The molecule has 0 saturated carbocycles. The van der Waals surface area contributed by atoms with E-state index in [2.05, 4.69) is 10.6 Å². The van der Waals surface area contributed by atoms with Gasteiger partial charge in [0.05, 0.1) is 18.6 Å². The van der Waals surface area contributed by atoms with Crippen molar-refractivity contribution in [1.82, 2.24) is 10.2 Å². The molecule has 2 N–H and O–H groups in total. The zero-order chi connectivity index (χ0) is 19.2. The molecule has 1 aromatic rings. The number of likely N-dealkylation sites (N-methyl/N-ethyl adjacent to an activating group) is 1. The summed E-state index contributed by atoms with van der Waals surface area (Å²) >= 11 is 0. The van der Waals surface area contributed by atoms with Gasteiger partial charge in [0, 0.05) is 19.3 Å². The summed E-state index contributed by atoms with van der Waals surface area (Å²) in [7, 11) is 1.63. The molecule has 0 spiro atoms. The number of aryl methyl sites for hydroxylation is 2. The number of anilines is 1. The van der Waals surface area contributed by atoms with E-state index in [4.69, 9.17) is 4.74 Å². The molecule has 1 aliphatic heterocycles. The first-order chi connectivity index (χ1) is 12.4. The third-order valence-electron chi connectivity index (χ3n) is 5.18. The molecule has 1 aromatic carbocycles. The van der Waals surface area contributed by atoms with Crippen molar-refractivity contribution >= 4 is 29.9 Å². The van der Waals surface area contributed by atoms with Crippen LogP contribution in [0.1, 0.15) is 30.9 Å². The molecule has 0 radical (unpaired) electrons. The number of ether oxygens (including phenoxy) is 1. The highest BCUT2D eigenvalue weighted by molar-refractivity contribution is 5.96. The normalized spacial score (nSPS) is 15.6. The smallest absolute Gasteiger partial charge is 0.244 e. The van der Waals surface area contributed by atoms with Crippen molar-refractivity contribution in [3.63, 3.8) is 0 Å². The van der Waals surface area contributed by atoms with Crippen LogP contribution in [0, 0.1) is 19.3 Å². The zero-order valence-corrected chi connectivity index (χ0v) is 17.6. The Balaban J connectivity index is 0.00000364. The standard InChI is InChI=1S/C20H31N3O3.ClH/c1-5-23(19(25)20(14-26-4)9-11-21-12-10-20)13-17(24)22-18-15(2)7-6-8-16(18)3;/h6-8,21H,5,9-14H2,1-4H3,(H,22,24);1H. The summed E-state index contributed by atoms with van der Waals surface area (Å²) < 4.78 is 5.36. The summed E-state index contributed by atoms with van der Waals surface area (Å²) in [5, 5.41) is 6.26. The molecule has 1 aliphatic rings. The first-order valence-corrected chi connectivity index (χ1v) is 9.28. The van der Waals surface area contributed by atoms with E-state index in [1.165, 1.54) is 0 Å². The molecular weight excluding hydrogens is 366 g/mol. The van der Waals surface area contributed by atoms with Crippen LogP contribution in [0.5, 0.6) is 0 Å². The van der Waals surface area contributed by atoms with Crippen LogP contribution >= 0.6 is 12.4 Å². The van der Waals surface area contributed by atoms with Crippen molar-refractivity contribution in [2.75, 3.05) is 45.2 Å². The SMILES string of the molecule is CCN(CC(=O)Nc1c(C)cccc1C)C(=O)C1(COC)CCNCC1.Cl. The van der Waals surface area contributed by atoms with Gasteiger partial charge in [-0.3, -0.25) is 9.59 Å². The van der Waals surface area contributed by atoms with Crippen molar-refractivity contribution in [1.29, 1.82) is 0 Å². The fourth-order valence-electron chi connectivity index (χ4n) is 3.63. The number of carbonyl (C=O) groups excluding carboxylic acids is 2. The fraction of sp³-hybridized carbons (Fsp3) is 0.600. The van der Waals surface area contributed by atoms with Gasteiger partial charge in [-0.25, -0.2) is 0 Å². The van der Waals surface area contributed by atoms with Gasteiger partial charge in [-0.15, -0.1) is 12.4 Å². The predicted octanol–water partition coefficient (Wildman–Crippen LogP) is 2.53. The Morgan fingerprint density at radius 3 is 2.33 bits per heavy atom. The molecule has 1 heterocycles. The van der Waals surface area contributed by atoms with Crippen molar-refractivity contribution in [2.45, 2.75) is 33.6 Å². The lowest BCUT2D eigenvalue weighted by Gasteiger charge is -2.39. The molecular formula is C20H32ClN3O3. The minimum absolute atomic E-state index is 0. The maximum atomic E-state index is 13.2. The lowest BCUT2D eigenvalue weighted by molar-refractivity contribution is -0.149. The zero-order valence-electron chi connectivity index (χ0n) is 16.8. The van der Waals surface area contributed by atoms with Gasteiger partial charge in [-0.1, -0.05) is 18.2 Å². The van der Waals surface area contributed by atoms with Crippen molar-refractivity contribution in [3.05, 3.63) is 29.3 Å². The van der Waals surface area contributed by atoms with E-state index in [9.17, 15) is 9.59 Å². The number of nitrogens with zero attached hydrogens (tertiary/aromatic N) is 1. The Kier molecular flexibility index (Phi) is 9.22. The van der Waals surface area contributed by atoms with Gasteiger partial charge >= 0.3 is 0 Å². The summed E-state index contributed by atoms with van der Waals surface area (Å²) in [5.74, 6) is -0.154. The van der Waals surface area contributed by atoms with Crippen LogP contribution in [0.15, 0.2) is 18.2 Å². The van der Waals surface area contributed by atoms with Gasteiger partial charge in [0.25, 0.3) is 0 Å². The Hall–Kier alpha value is -1.63. The van der Waals surface area contributed by atoms with E-state index in [0.29, 0.717) is 13.2 Å². The maximum Gasteiger partial charge on any atom is 0.244 e. The van der Waals surface area contributed by atoms with Gasteiger partial charge in [-0.05, 0) is 57.8 Å². The fourth-order valence-corrected chi connectivity index (χ4v) is 3.63. The van der Waals surface area contributed by atoms with E-state index in [1.54, 1.807) is 12.0 Å². The Bertz CT molecular complexity index is 620. The average Bonchev–Trinajstić information content (AvgIpc) is 2.63. The van der Waals surface area contributed by atoms with Crippen LogP contribution in [0.2, 0.25) is 0 Å². The predicted molar refractivity (Wildman–Crippen MR) is 110 cm³/mol. The highest BCUT2D eigenvalue weighted by Gasteiger charge is 2.42. The minimum Gasteiger partial charge on any atom is -0.384 e. The van der Waals surface area contributed by atoms with Crippen LogP contribution in [0.4, 0.5) is 5.69 Å². The number of hydrogen-bond donors (Lipinski definition) is 2. The lowest BCUT2D eigenvalue weighted by atomic mass is 9.78. The van der Waals surface area contributed by atoms with E-state index >= 15 is 0 Å². The number of piperidine rings is 1. The summed E-state index contributed by atoms with van der Waals surface area (Å²) in [4.78, 5) is 27.4. The summed E-state index contributed by atoms with van der Waals surface area (Å²) in [5.41, 5.74) is 2.33. The number of nitrogens with one attached hydrogen (secondary N) is 2. The molecule has 1 saturated heterocycles. The first kappa shape index (κ1) is 23.4. The van der Waals surface area contributed by atoms with Gasteiger partial charge < -0.3 is 20.3 Å². The first-order valence-electron chi connectivity index (χ1n) is 9.28. The third kappa shape index (κ3) is 5.67. The highest BCUT2D eigenvalue weighted by atomic mass is 35.5. The summed E-state index contributed by atoms with van der Waals surface area (Å²) in [6, 6.07) is 5.90. The highest BCUT2D eigenvalue weighted by Crippen LogP contribution is 2.31. The van der Waals surface area contributed by atoms with Crippen molar-refractivity contribution in [3.8, 4) is 0 Å². The van der Waals surface area contributed by atoms with E-state index in [0.717, 1.165) is 42.7 Å². The van der Waals surface area contributed by atoms with E-state index in [1.807, 2.05) is 39.0 Å². The number of carbonyl (C=O) groups is 2. The van der Waals surface area contributed by atoms with Gasteiger partial charge in [0.2, 0.25) is 11.8 Å². The number of amides is 2. The lowest BCUT2D eigenvalue weighted by Crippen LogP contribution is -2.53. The van der Waals surface area contributed by atoms with Crippen molar-refractivity contribution < 1.29 is 14.3 Å². The van der Waals surface area contributed by atoms with Crippen LogP contribution < -0.4 is 10.6 Å². The largest absolute Gasteiger partial charge is 0.384 e. The topological polar surface area (TPSA) is 70.7 Å². The third-order valence-corrected chi connectivity index (χ3v) is 5.18. The molecule has 27 heavy (non-hydrogen) atoms. The molecule has 0 aromatic heterocycles. The number of hydrogen-bond acceptors (Lipinski definition) is 4. The van der Waals surface area contributed by atoms with Crippen molar-refractivity contribution in [2.24, 2.45) is 5.41 Å². The number of rotatable bonds is 7. The van der Waals surface area contributed by atoms with Crippen LogP contribution in [0.25, 0.3) is 0 Å². The minimum atomic E-state index is -0.533. The second-order valence-corrected chi connectivity index (χ2v) is 7.10. The maximum absolute atomic E-state index is 13.2. The molecule has 6 nitrogen and oxygen atoms in total. The molecule has 0 bridgehead atoms.